The van der Waals surface area contributed by atoms with Crippen molar-refractivity contribution in [3.05, 3.63) is 29.3 Å². The standard InChI is InChI=1S/C11H13ClN2O2S2/c12-8-3-1-2-4-9(8)18(15,16)14-10(11(13)17)7-5-6-7/h1-4,7,10,14H,5-6H2,(H2,13,17). The molecule has 1 aliphatic rings. The Balaban J connectivity index is 2.26. The molecule has 0 aromatic heterocycles. The Morgan fingerprint density at radius 1 is 1.44 bits per heavy atom. The zero-order valence-electron chi connectivity index (χ0n) is 9.47. The first-order chi connectivity index (χ1) is 8.42. The lowest BCUT2D eigenvalue weighted by Crippen LogP contribution is -2.44. The van der Waals surface area contributed by atoms with E-state index < -0.39 is 16.1 Å². The largest absolute Gasteiger partial charge is 0.392 e. The lowest BCUT2D eigenvalue weighted by Gasteiger charge is -2.17. The summed E-state index contributed by atoms with van der Waals surface area (Å²) in [6, 6.07) is 5.79. The van der Waals surface area contributed by atoms with Crippen LogP contribution in [0.15, 0.2) is 29.2 Å². The highest BCUT2D eigenvalue weighted by molar-refractivity contribution is 7.89. The fraction of sp³-hybridized carbons (Fsp3) is 0.364. The van der Waals surface area contributed by atoms with Gasteiger partial charge in [-0.25, -0.2) is 13.1 Å². The van der Waals surface area contributed by atoms with Gasteiger partial charge in [0.1, 0.15) is 4.90 Å². The van der Waals surface area contributed by atoms with Crippen LogP contribution in [0.4, 0.5) is 0 Å². The molecule has 98 valence electrons. The molecule has 1 aromatic carbocycles. The molecule has 3 N–H and O–H groups in total. The second kappa shape index (κ2) is 5.13. The molecule has 0 radical (unpaired) electrons. The van der Waals surface area contributed by atoms with Crippen molar-refractivity contribution in [3.63, 3.8) is 0 Å². The SMILES string of the molecule is NC(=S)C(NS(=O)(=O)c1ccccc1Cl)C1CC1. The van der Waals surface area contributed by atoms with E-state index in [1.165, 1.54) is 12.1 Å². The van der Waals surface area contributed by atoms with E-state index in [0.717, 1.165) is 12.8 Å². The summed E-state index contributed by atoms with van der Waals surface area (Å²) < 4.78 is 26.9. The van der Waals surface area contributed by atoms with Gasteiger partial charge >= 0.3 is 0 Å². The molecule has 18 heavy (non-hydrogen) atoms. The van der Waals surface area contributed by atoms with E-state index in [1.54, 1.807) is 12.1 Å². The second-order valence-electron chi connectivity index (χ2n) is 4.27. The van der Waals surface area contributed by atoms with Gasteiger partial charge in [-0.15, -0.1) is 0 Å². The molecule has 1 aliphatic carbocycles. The zero-order chi connectivity index (χ0) is 13.3. The highest BCUT2D eigenvalue weighted by atomic mass is 35.5. The number of nitrogens with one attached hydrogen (secondary N) is 1. The maximum absolute atomic E-state index is 12.2. The van der Waals surface area contributed by atoms with Gasteiger partial charge in [0.25, 0.3) is 0 Å². The van der Waals surface area contributed by atoms with Gasteiger partial charge in [-0.05, 0) is 30.9 Å². The third-order valence-electron chi connectivity index (χ3n) is 2.81. The number of thiocarbonyl (C=S) groups is 1. The van der Waals surface area contributed by atoms with Gasteiger partial charge in [-0.2, -0.15) is 0 Å². The predicted octanol–water partition coefficient (Wildman–Crippen LogP) is 1.68. The zero-order valence-corrected chi connectivity index (χ0v) is 11.9. The Morgan fingerprint density at radius 3 is 2.56 bits per heavy atom. The Hall–Kier alpha value is -0.690. The molecule has 2 rings (SSSR count). The van der Waals surface area contributed by atoms with Crippen molar-refractivity contribution in [2.75, 3.05) is 0 Å². The van der Waals surface area contributed by atoms with Crippen LogP contribution in [0.2, 0.25) is 5.02 Å². The molecule has 1 fully saturated rings. The summed E-state index contributed by atoms with van der Waals surface area (Å²) in [5.41, 5.74) is 5.57. The third kappa shape index (κ3) is 3.00. The van der Waals surface area contributed by atoms with Crippen molar-refractivity contribution in [2.45, 2.75) is 23.8 Å². The number of benzene rings is 1. The molecule has 1 atom stereocenters. The molecule has 7 heteroatoms. The number of hydrogen-bond donors (Lipinski definition) is 2. The van der Waals surface area contributed by atoms with Gasteiger partial charge in [-0.3, -0.25) is 0 Å². The van der Waals surface area contributed by atoms with E-state index in [2.05, 4.69) is 4.72 Å². The summed E-state index contributed by atoms with van der Waals surface area (Å²) in [6.07, 6.45) is 1.88. The average molecular weight is 305 g/mol. The minimum atomic E-state index is -3.69. The van der Waals surface area contributed by atoms with Crippen LogP contribution in [0.25, 0.3) is 0 Å². The van der Waals surface area contributed by atoms with Gasteiger partial charge in [0.2, 0.25) is 10.0 Å². The molecule has 1 aromatic rings. The highest BCUT2D eigenvalue weighted by Gasteiger charge is 2.36. The number of sulfonamides is 1. The van der Waals surface area contributed by atoms with Gasteiger partial charge in [0, 0.05) is 0 Å². The summed E-state index contributed by atoms with van der Waals surface area (Å²) in [6.45, 7) is 0. The fourth-order valence-corrected chi connectivity index (χ4v) is 3.84. The second-order valence-corrected chi connectivity index (χ2v) is 6.83. The molecule has 0 spiro atoms. The molecule has 1 saturated carbocycles. The normalized spacial score (nSPS) is 17.4. The first-order valence-corrected chi connectivity index (χ1v) is 7.75. The summed E-state index contributed by atoms with van der Waals surface area (Å²) in [5.74, 6) is 0.208. The van der Waals surface area contributed by atoms with Gasteiger partial charge in [0.05, 0.1) is 16.1 Å². The quantitative estimate of drug-likeness (QED) is 0.812. The van der Waals surface area contributed by atoms with E-state index in [1.807, 2.05) is 0 Å². The Morgan fingerprint density at radius 2 is 2.06 bits per heavy atom. The summed E-state index contributed by atoms with van der Waals surface area (Å²) in [7, 11) is -3.69. The van der Waals surface area contributed by atoms with Crippen LogP contribution < -0.4 is 10.5 Å². The molecule has 0 amide bonds. The first-order valence-electron chi connectivity index (χ1n) is 5.48. The van der Waals surface area contributed by atoms with E-state index in [9.17, 15) is 8.42 Å². The monoisotopic (exact) mass is 304 g/mol. The smallest absolute Gasteiger partial charge is 0.242 e. The summed E-state index contributed by atoms with van der Waals surface area (Å²) in [5, 5.41) is 0.183. The number of nitrogens with two attached hydrogens (primary N) is 1. The van der Waals surface area contributed by atoms with Crippen LogP contribution in [-0.4, -0.2) is 19.4 Å². The lowest BCUT2D eigenvalue weighted by molar-refractivity contribution is 0.565. The number of halogens is 1. The topological polar surface area (TPSA) is 72.2 Å². The highest BCUT2D eigenvalue weighted by Crippen LogP contribution is 2.34. The van der Waals surface area contributed by atoms with Crippen LogP contribution in [0.3, 0.4) is 0 Å². The molecule has 0 bridgehead atoms. The minimum Gasteiger partial charge on any atom is -0.392 e. The van der Waals surface area contributed by atoms with E-state index in [0.29, 0.717) is 0 Å². The molecular weight excluding hydrogens is 292 g/mol. The van der Waals surface area contributed by atoms with Crippen molar-refractivity contribution in [1.29, 1.82) is 0 Å². The fourth-order valence-electron chi connectivity index (χ4n) is 1.71. The number of hydrogen-bond acceptors (Lipinski definition) is 3. The molecule has 0 saturated heterocycles. The predicted molar refractivity (Wildman–Crippen MR) is 75.1 cm³/mol. The molecule has 4 nitrogen and oxygen atoms in total. The van der Waals surface area contributed by atoms with E-state index in [4.69, 9.17) is 29.6 Å². The molecule has 0 heterocycles. The van der Waals surface area contributed by atoms with E-state index in [-0.39, 0.29) is 20.8 Å². The van der Waals surface area contributed by atoms with Gasteiger partial charge in [0.15, 0.2) is 0 Å². The molecule has 1 unspecified atom stereocenters. The average Bonchev–Trinajstić information content (AvgIpc) is 3.10. The van der Waals surface area contributed by atoms with Crippen LogP contribution in [0, 0.1) is 5.92 Å². The number of rotatable bonds is 5. The van der Waals surface area contributed by atoms with Crippen LogP contribution >= 0.6 is 23.8 Å². The summed E-state index contributed by atoms with van der Waals surface area (Å²) in [4.78, 5) is 0.224. The Labute approximate surface area is 117 Å². The third-order valence-corrected chi connectivity index (χ3v) is 5.00. The van der Waals surface area contributed by atoms with Crippen molar-refractivity contribution in [3.8, 4) is 0 Å². The minimum absolute atomic E-state index is 0.0496. The van der Waals surface area contributed by atoms with Crippen LogP contribution in [-0.2, 0) is 10.0 Å². The van der Waals surface area contributed by atoms with Crippen molar-refractivity contribution in [1.82, 2.24) is 4.72 Å². The maximum atomic E-state index is 12.2. The Kier molecular flexibility index (Phi) is 3.91. The van der Waals surface area contributed by atoms with Gasteiger partial charge < -0.3 is 5.73 Å². The maximum Gasteiger partial charge on any atom is 0.242 e. The Bertz CT molecular complexity index is 570. The van der Waals surface area contributed by atoms with E-state index >= 15 is 0 Å². The first kappa shape index (κ1) is 13.7. The molecular formula is C11H13ClN2O2S2. The van der Waals surface area contributed by atoms with Crippen molar-refractivity contribution < 1.29 is 8.42 Å². The van der Waals surface area contributed by atoms with Crippen molar-refractivity contribution in [2.24, 2.45) is 11.7 Å². The molecule has 0 aliphatic heterocycles. The van der Waals surface area contributed by atoms with Crippen LogP contribution in [0.1, 0.15) is 12.8 Å². The lowest BCUT2D eigenvalue weighted by atomic mass is 10.2. The van der Waals surface area contributed by atoms with Gasteiger partial charge in [-0.1, -0.05) is 36.0 Å². The van der Waals surface area contributed by atoms with Crippen LogP contribution in [0.5, 0.6) is 0 Å². The summed E-state index contributed by atoms with van der Waals surface area (Å²) >= 11 is 10.8. The van der Waals surface area contributed by atoms with Crippen molar-refractivity contribution >= 4 is 38.8 Å².